The number of hydrogen-bond acceptors (Lipinski definition) is 2. The Bertz CT molecular complexity index is 304. The molecule has 2 nitrogen and oxygen atoms in total. The minimum atomic E-state index is -0.0412. The Hall–Kier alpha value is -0.860. The number of benzene rings is 1. The van der Waals surface area contributed by atoms with E-state index in [1.807, 2.05) is 18.2 Å². The van der Waals surface area contributed by atoms with E-state index in [1.165, 1.54) is 24.8 Å². The van der Waals surface area contributed by atoms with Crippen LogP contribution in [0.1, 0.15) is 37.7 Å². The molecule has 0 heterocycles. The van der Waals surface area contributed by atoms with Crippen molar-refractivity contribution in [2.45, 2.75) is 50.7 Å². The molecule has 94 valence electrons. The standard InChI is InChI=1S/C15H22O2/c16-12-15(11-13-7-3-1-4-8-13)17-14-9-5-2-6-10-14/h1,3-4,7-8,14-16H,2,5-6,9-12H2. The SMILES string of the molecule is OCC(Cc1ccccc1)OC1CCCCC1. The second-order valence-electron chi connectivity index (χ2n) is 4.89. The molecule has 1 fully saturated rings. The average Bonchev–Trinajstić information content (AvgIpc) is 2.40. The van der Waals surface area contributed by atoms with E-state index in [4.69, 9.17) is 4.74 Å². The highest BCUT2D eigenvalue weighted by Gasteiger charge is 2.18. The third-order valence-electron chi connectivity index (χ3n) is 3.45. The van der Waals surface area contributed by atoms with Gasteiger partial charge in [-0.25, -0.2) is 0 Å². The van der Waals surface area contributed by atoms with Crippen molar-refractivity contribution in [2.75, 3.05) is 6.61 Å². The van der Waals surface area contributed by atoms with Gasteiger partial charge in [-0.3, -0.25) is 0 Å². The summed E-state index contributed by atoms with van der Waals surface area (Å²) >= 11 is 0. The molecule has 2 heteroatoms. The lowest BCUT2D eigenvalue weighted by molar-refractivity contribution is -0.0523. The summed E-state index contributed by atoms with van der Waals surface area (Å²) in [4.78, 5) is 0. The number of rotatable bonds is 5. The number of ether oxygens (including phenoxy) is 1. The smallest absolute Gasteiger partial charge is 0.0849 e. The molecular formula is C15H22O2. The molecular weight excluding hydrogens is 212 g/mol. The number of aliphatic hydroxyl groups excluding tert-OH is 1. The van der Waals surface area contributed by atoms with Gasteiger partial charge >= 0.3 is 0 Å². The molecule has 1 unspecified atom stereocenters. The van der Waals surface area contributed by atoms with Gasteiger partial charge in [0.05, 0.1) is 18.8 Å². The van der Waals surface area contributed by atoms with Crippen molar-refractivity contribution in [3.8, 4) is 0 Å². The van der Waals surface area contributed by atoms with E-state index < -0.39 is 0 Å². The van der Waals surface area contributed by atoms with Gasteiger partial charge in [0.1, 0.15) is 0 Å². The first-order valence-electron chi connectivity index (χ1n) is 6.68. The van der Waals surface area contributed by atoms with Crippen molar-refractivity contribution in [2.24, 2.45) is 0 Å². The molecule has 0 amide bonds. The molecule has 1 aromatic rings. The predicted molar refractivity (Wildman–Crippen MR) is 69.0 cm³/mol. The second kappa shape index (κ2) is 6.77. The lowest BCUT2D eigenvalue weighted by Gasteiger charge is -2.26. The van der Waals surface area contributed by atoms with E-state index in [-0.39, 0.29) is 12.7 Å². The van der Waals surface area contributed by atoms with Crippen LogP contribution >= 0.6 is 0 Å². The lowest BCUT2D eigenvalue weighted by atomic mass is 9.97. The fourth-order valence-electron chi connectivity index (χ4n) is 2.51. The number of hydrogen-bond donors (Lipinski definition) is 1. The first-order chi connectivity index (χ1) is 8.38. The summed E-state index contributed by atoms with van der Waals surface area (Å²) in [5, 5.41) is 9.39. The van der Waals surface area contributed by atoms with Crippen LogP contribution in [0.4, 0.5) is 0 Å². The Morgan fingerprint density at radius 1 is 1.12 bits per heavy atom. The van der Waals surface area contributed by atoms with Gasteiger partial charge in [-0.2, -0.15) is 0 Å². The summed E-state index contributed by atoms with van der Waals surface area (Å²) in [5.41, 5.74) is 1.24. The van der Waals surface area contributed by atoms with Crippen molar-refractivity contribution in [1.29, 1.82) is 0 Å². The lowest BCUT2D eigenvalue weighted by Crippen LogP contribution is -2.28. The predicted octanol–water partition coefficient (Wildman–Crippen LogP) is 2.94. The molecule has 0 spiro atoms. The van der Waals surface area contributed by atoms with Crippen LogP contribution in [0.15, 0.2) is 30.3 Å². The molecule has 0 saturated heterocycles. The minimum Gasteiger partial charge on any atom is -0.394 e. The van der Waals surface area contributed by atoms with E-state index in [9.17, 15) is 5.11 Å². The third kappa shape index (κ3) is 4.14. The Morgan fingerprint density at radius 2 is 1.82 bits per heavy atom. The van der Waals surface area contributed by atoms with Crippen LogP contribution in [0, 0.1) is 0 Å². The van der Waals surface area contributed by atoms with Gasteiger partial charge in [-0.15, -0.1) is 0 Å². The van der Waals surface area contributed by atoms with Gasteiger partial charge in [0.2, 0.25) is 0 Å². The van der Waals surface area contributed by atoms with E-state index in [2.05, 4.69) is 12.1 Å². The third-order valence-corrected chi connectivity index (χ3v) is 3.45. The molecule has 17 heavy (non-hydrogen) atoms. The van der Waals surface area contributed by atoms with E-state index in [1.54, 1.807) is 0 Å². The highest BCUT2D eigenvalue weighted by Crippen LogP contribution is 2.22. The fourth-order valence-corrected chi connectivity index (χ4v) is 2.51. The highest BCUT2D eigenvalue weighted by molar-refractivity contribution is 5.15. The second-order valence-corrected chi connectivity index (χ2v) is 4.89. The maximum atomic E-state index is 9.39. The molecule has 2 rings (SSSR count). The Balaban J connectivity index is 1.83. The molecule has 0 bridgehead atoms. The molecule has 0 aromatic heterocycles. The van der Waals surface area contributed by atoms with Crippen LogP contribution in [0.2, 0.25) is 0 Å². The van der Waals surface area contributed by atoms with Crippen LogP contribution in [0.3, 0.4) is 0 Å². The molecule has 1 N–H and O–H groups in total. The van der Waals surface area contributed by atoms with Crippen LogP contribution in [-0.4, -0.2) is 23.9 Å². The first-order valence-corrected chi connectivity index (χ1v) is 6.68. The van der Waals surface area contributed by atoms with Crippen LogP contribution in [0.25, 0.3) is 0 Å². The molecule has 1 aliphatic rings. The quantitative estimate of drug-likeness (QED) is 0.848. The topological polar surface area (TPSA) is 29.5 Å². The molecule has 1 aliphatic carbocycles. The molecule has 0 radical (unpaired) electrons. The van der Waals surface area contributed by atoms with Gasteiger partial charge in [0, 0.05) is 6.42 Å². The van der Waals surface area contributed by atoms with Gasteiger partial charge in [0.25, 0.3) is 0 Å². The van der Waals surface area contributed by atoms with Crippen molar-refractivity contribution in [3.05, 3.63) is 35.9 Å². The zero-order valence-electron chi connectivity index (χ0n) is 10.3. The van der Waals surface area contributed by atoms with Crippen molar-refractivity contribution in [3.63, 3.8) is 0 Å². The maximum Gasteiger partial charge on any atom is 0.0849 e. The maximum absolute atomic E-state index is 9.39. The monoisotopic (exact) mass is 234 g/mol. The highest BCUT2D eigenvalue weighted by atomic mass is 16.5. The summed E-state index contributed by atoms with van der Waals surface area (Å²) in [6.45, 7) is 0.116. The van der Waals surface area contributed by atoms with E-state index in [0.29, 0.717) is 6.10 Å². The van der Waals surface area contributed by atoms with Crippen molar-refractivity contribution < 1.29 is 9.84 Å². The van der Waals surface area contributed by atoms with Crippen molar-refractivity contribution in [1.82, 2.24) is 0 Å². The van der Waals surface area contributed by atoms with Crippen LogP contribution in [0.5, 0.6) is 0 Å². The summed E-state index contributed by atoms with van der Waals surface area (Å²) in [7, 11) is 0. The largest absolute Gasteiger partial charge is 0.394 e. The Kier molecular flexibility index (Phi) is 5.02. The summed E-state index contributed by atoms with van der Waals surface area (Å²) in [6, 6.07) is 10.3. The molecule has 1 aromatic carbocycles. The van der Waals surface area contributed by atoms with Crippen molar-refractivity contribution >= 4 is 0 Å². The first kappa shape index (κ1) is 12.6. The fraction of sp³-hybridized carbons (Fsp3) is 0.600. The normalized spacial score (nSPS) is 19.1. The van der Waals surface area contributed by atoms with Gasteiger partial charge in [0.15, 0.2) is 0 Å². The molecule has 1 atom stereocenters. The minimum absolute atomic E-state index is 0.0412. The zero-order chi connectivity index (χ0) is 11.9. The molecule has 1 saturated carbocycles. The number of aliphatic hydroxyl groups is 1. The van der Waals surface area contributed by atoms with Gasteiger partial charge < -0.3 is 9.84 Å². The van der Waals surface area contributed by atoms with Gasteiger partial charge in [-0.05, 0) is 18.4 Å². The van der Waals surface area contributed by atoms with E-state index >= 15 is 0 Å². The summed E-state index contributed by atoms with van der Waals surface area (Å²) in [6.07, 6.45) is 7.33. The van der Waals surface area contributed by atoms with Gasteiger partial charge in [-0.1, -0.05) is 49.6 Å². The Morgan fingerprint density at radius 3 is 2.47 bits per heavy atom. The average molecular weight is 234 g/mol. The summed E-state index contributed by atoms with van der Waals surface area (Å²) in [5.74, 6) is 0. The van der Waals surface area contributed by atoms with E-state index in [0.717, 1.165) is 19.3 Å². The van der Waals surface area contributed by atoms with Crippen LogP contribution < -0.4 is 0 Å². The molecule has 0 aliphatic heterocycles. The Labute approximate surface area is 104 Å². The van der Waals surface area contributed by atoms with Crippen LogP contribution in [-0.2, 0) is 11.2 Å². The zero-order valence-corrected chi connectivity index (χ0v) is 10.3. The summed E-state index contributed by atoms with van der Waals surface area (Å²) < 4.78 is 5.99.